The number of hydrogen-bond acceptors (Lipinski definition) is 5. The van der Waals surface area contributed by atoms with Crippen molar-refractivity contribution in [3.05, 3.63) is 138 Å². The summed E-state index contributed by atoms with van der Waals surface area (Å²) in [6, 6.07) is 31.1. The van der Waals surface area contributed by atoms with Crippen LogP contribution in [-0.4, -0.2) is 28.1 Å². The first kappa shape index (κ1) is 26.5. The monoisotopic (exact) mass is 466 g/mol. The number of aldehydes is 1. The maximum atomic E-state index is 11.7. The summed E-state index contributed by atoms with van der Waals surface area (Å²) in [5.74, 6) is 0.389. The predicted octanol–water partition coefficient (Wildman–Crippen LogP) is 6.38. The summed E-state index contributed by atoms with van der Waals surface area (Å²) < 4.78 is 0. The zero-order valence-electron chi connectivity index (χ0n) is 19.2. The molecular weight excluding hydrogens is 440 g/mol. The molecule has 4 rings (SSSR count). The van der Waals surface area contributed by atoms with Gasteiger partial charge in [-0.15, -0.1) is 0 Å². The van der Waals surface area contributed by atoms with Gasteiger partial charge in [-0.25, -0.2) is 0 Å². The van der Waals surface area contributed by atoms with Gasteiger partial charge < -0.3 is 10.2 Å². The van der Waals surface area contributed by atoms with Gasteiger partial charge in [0.1, 0.15) is 17.8 Å². The molecule has 0 radical (unpaired) electrons. The third kappa shape index (κ3) is 10.1. The Morgan fingerprint density at radius 2 is 1.09 bits per heavy atom. The summed E-state index contributed by atoms with van der Waals surface area (Å²) in [6.45, 7) is 1.49. The number of ketones is 2. The van der Waals surface area contributed by atoms with Crippen LogP contribution in [0.25, 0.3) is 6.08 Å². The fraction of sp³-hybridized carbons (Fsp3) is 0.0333. The van der Waals surface area contributed by atoms with Gasteiger partial charge in [0, 0.05) is 16.7 Å². The summed E-state index contributed by atoms with van der Waals surface area (Å²) in [6.07, 6.45) is 4.09. The Hall–Kier alpha value is -4.77. The lowest BCUT2D eigenvalue weighted by atomic mass is 10.1. The molecule has 0 unspecified atom stereocenters. The van der Waals surface area contributed by atoms with E-state index in [9.17, 15) is 14.4 Å². The van der Waals surface area contributed by atoms with Gasteiger partial charge in [0.15, 0.2) is 11.6 Å². The highest BCUT2D eigenvalue weighted by Crippen LogP contribution is 2.12. The molecule has 0 spiro atoms. The van der Waals surface area contributed by atoms with Gasteiger partial charge in [0.25, 0.3) is 0 Å². The minimum absolute atomic E-state index is 0.0139. The quantitative estimate of drug-likeness (QED) is 0.202. The Balaban J connectivity index is 0.000000204. The number of carbonyl (C=O) groups excluding carboxylic acids is 3. The van der Waals surface area contributed by atoms with E-state index in [0.717, 1.165) is 17.4 Å². The van der Waals surface area contributed by atoms with E-state index in [1.165, 1.54) is 25.1 Å². The molecule has 0 saturated heterocycles. The molecule has 4 aromatic carbocycles. The molecule has 2 N–H and O–H groups in total. The number of allylic oxidation sites excluding steroid dienone is 1. The van der Waals surface area contributed by atoms with Crippen LogP contribution in [0.15, 0.2) is 115 Å². The lowest BCUT2D eigenvalue weighted by Crippen LogP contribution is -1.92. The average Bonchev–Trinajstić information content (AvgIpc) is 2.90. The lowest BCUT2D eigenvalue weighted by molar-refractivity contribution is 0.101. The first-order chi connectivity index (χ1) is 16.9. The summed E-state index contributed by atoms with van der Waals surface area (Å²) in [4.78, 5) is 32.4. The van der Waals surface area contributed by atoms with Crippen LogP contribution in [0, 0.1) is 0 Å². The van der Waals surface area contributed by atoms with Gasteiger partial charge in [0.05, 0.1) is 0 Å². The second kappa shape index (κ2) is 14.4. The molecule has 0 saturated carbocycles. The van der Waals surface area contributed by atoms with Crippen molar-refractivity contribution in [2.45, 2.75) is 6.92 Å². The van der Waals surface area contributed by atoms with Gasteiger partial charge in [0.2, 0.25) is 0 Å². The summed E-state index contributed by atoms with van der Waals surface area (Å²) in [7, 11) is 0. The largest absolute Gasteiger partial charge is 0.508 e. The second-order valence-corrected chi connectivity index (χ2v) is 7.29. The molecule has 0 heterocycles. The highest BCUT2D eigenvalue weighted by molar-refractivity contribution is 6.06. The first-order valence-electron chi connectivity index (χ1n) is 10.8. The van der Waals surface area contributed by atoms with Crippen LogP contribution in [0.5, 0.6) is 11.5 Å². The van der Waals surface area contributed by atoms with Crippen molar-refractivity contribution < 1.29 is 24.6 Å². The maximum Gasteiger partial charge on any atom is 0.185 e. The Kier molecular flexibility index (Phi) is 10.9. The maximum absolute atomic E-state index is 11.7. The van der Waals surface area contributed by atoms with E-state index in [2.05, 4.69) is 0 Å². The van der Waals surface area contributed by atoms with Crippen molar-refractivity contribution in [1.82, 2.24) is 0 Å². The second-order valence-electron chi connectivity index (χ2n) is 7.29. The Morgan fingerprint density at radius 3 is 1.54 bits per heavy atom. The number of Topliss-reactive ketones (excluding diaryl/α,β-unsaturated/α-hetero) is 1. The zero-order valence-corrected chi connectivity index (χ0v) is 19.2. The van der Waals surface area contributed by atoms with E-state index in [-0.39, 0.29) is 23.1 Å². The van der Waals surface area contributed by atoms with Crippen LogP contribution in [0.1, 0.15) is 43.6 Å². The summed E-state index contributed by atoms with van der Waals surface area (Å²) >= 11 is 0. The standard InChI is InChI=1S/C15H12O2.C8H8O2.C7H6O/c16-14-9-6-12(7-10-14)8-11-15(17)13-4-2-1-3-5-13;1-6(9)7-2-4-8(10)5-3-7;8-6-7-4-2-1-3-5-7/h1-11,16H;2-5,10H,1H3;1-6H/b11-8+;;. The third-order valence-corrected chi connectivity index (χ3v) is 4.59. The van der Waals surface area contributed by atoms with Gasteiger partial charge >= 0.3 is 0 Å². The van der Waals surface area contributed by atoms with Crippen molar-refractivity contribution in [2.24, 2.45) is 0 Å². The minimum Gasteiger partial charge on any atom is -0.508 e. The van der Waals surface area contributed by atoms with Gasteiger partial charge in [-0.2, -0.15) is 0 Å². The van der Waals surface area contributed by atoms with Crippen molar-refractivity contribution in [1.29, 1.82) is 0 Å². The number of carbonyl (C=O) groups is 3. The van der Waals surface area contributed by atoms with Crippen LogP contribution in [0.4, 0.5) is 0 Å². The predicted molar refractivity (Wildman–Crippen MR) is 138 cm³/mol. The Labute approximate surface area is 204 Å². The molecule has 0 amide bonds. The van der Waals surface area contributed by atoms with Crippen LogP contribution in [0.3, 0.4) is 0 Å². The van der Waals surface area contributed by atoms with E-state index < -0.39 is 0 Å². The number of phenols is 2. The number of benzene rings is 4. The van der Waals surface area contributed by atoms with Gasteiger partial charge in [-0.05, 0) is 55.0 Å². The summed E-state index contributed by atoms with van der Waals surface area (Å²) in [5.41, 5.74) is 2.90. The van der Waals surface area contributed by atoms with E-state index in [1.807, 2.05) is 36.4 Å². The Bertz CT molecular complexity index is 1230. The molecule has 0 aliphatic rings. The first-order valence-corrected chi connectivity index (χ1v) is 10.8. The molecule has 0 bridgehead atoms. The molecule has 0 fully saturated rings. The highest BCUT2D eigenvalue weighted by atomic mass is 16.3. The number of hydrogen-bond donors (Lipinski definition) is 2. The van der Waals surface area contributed by atoms with Gasteiger partial charge in [-0.3, -0.25) is 14.4 Å². The van der Waals surface area contributed by atoms with E-state index in [4.69, 9.17) is 10.2 Å². The van der Waals surface area contributed by atoms with Crippen LogP contribution < -0.4 is 0 Å². The molecule has 0 atom stereocenters. The lowest BCUT2D eigenvalue weighted by Gasteiger charge is -1.95. The molecule has 0 aliphatic heterocycles. The molecule has 5 heteroatoms. The zero-order chi connectivity index (χ0) is 25.5. The van der Waals surface area contributed by atoms with Crippen molar-refractivity contribution in [2.75, 3.05) is 0 Å². The molecule has 0 aliphatic carbocycles. The van der Waals surface area contributed by atoms with E-state index in [1.54, 1.807) is 66.7 Å². The number of phenolic OH excluding ortho intramolecular Hbond substituents is 2. The third-order valence-electron chi connectivity index (χ3n) is 4.59. The van der Waals surface area contributed by atoms with Crippen molar-refractivity contribution in [3.63, 3.8) is 0 Å². The average molecular weight is 467 g/mol. The topological polar surface area (TPSA) is 91.7 Å². The van der Waals surface area contributed by atoms with Crippen LogP contribution in [-0.2, 0) is 0 Å². The molecular formula is C30H26O5. The fourth-order valence-corrected chi connectivity index (χ4v) is 2.68. The smallest absolute Gasteiger partial charge is 0.185 e. The summed E-state index contributed by atoms with van der Waals surface area (Å²) in [5, 5.41) is 17.9. The number of rotatable bonds is 5. The van der Waals surface area contributed by atoms with Crippen LogP contribution >= 0.6 is 0 Å². The van der Waals surface area contributed by atoms with E-state index >= 15 is 0 Å². The molecule has 176 valence electrons. The molecule has 4 aromatic rings. The highest BCUT2D eigenvalue weighted by Gasteiger charge is 1.99. The fourth-order valence-electron chi connectivity index (χ4n) is 2.68. The van der Waals surface area contributed by atoms with Crippen molar-refractivity contribution in [3.8, 4) is 11.5 Å². The normalized spacial score (nSPS) is 9.74. The molecule has 35 heavy (non-hydrogen) atoms. The van der Waals surface area contributed by atoms with Gasteiger partial charge in [-0.1, -0.05) is 78.9 Å². The van der Waals surface area contributed by atoms with Crippen molar-refractivity contribution >= 4 is 23.9 Å². The molecule has 0 aromatic heterocycles. The number of aromatic hydroxyl groups is 2. The Morgan fingerprint density at radius 1 is 0.600 bits per heavy atom. The SMILES string of the molecule is CC(=O)c1ccc(O)cc1.O=C(/C=C/c1ccc(O)cc1)c1ccccc1.O=Cc1ccccc1. The minimum atomic E-state index is -0.0290. The van der Waals surface area contributed by atoms with Crippen LogP contribution in [0.2, 0.25) is 0 Å². The molecule has 5 nitrogen and oxygen atoms in total. The van der Waals surface area contributed by atoms with E-state index in [0.29, 0.717) is 11.1 Å².